The van der Waals surface area contributed by atoms with Crippen LogP contribution >= 0.6 is 0 Å². The molecule has 0 unspecified atom stereocenters. The van der Waals surface area contributed by atoms with E-state index in [1.165, 1.54) is 17.0 Å². The van der Waals surface area contributed by atoms with Crippen molar-refractivity contribution in [2.24, 2.45) is 11.8 Å². The molecular weight excluding hydrogens is 592 g/mol. The molecule has 4 aliphatic rings. The van der Waals surface area contributed by atoms with Gasteiger partial charge in [-0.1, -0.05) is 72.8 Å². The number of anilines is 2. The lowest BCUT2D eigenvalue weighted by molar-refractivity contribution is -0.122. The Kier molecular flexibility index (Phi) is 6.90. The quantitative estimate of drug-likeness (QED) is 0.161. The Hall–Kier alpha value is -6.02. The average molecular weight is 621 g/mol. The maximum atomic E-state index is 14.1. The summed E-state index contributed by atoms with van der Waals surface area (Å²) in [4.78, 5) is 54.9. The van der Waals surface area contributed by atoms with E-state index in [0.717, 1.165) is 22.3 Å². The van der Waals surface area contributed by atoms with Crippen molar-refractivity contribution >= 4 is 35.1 Å². The maximum absolute atomic E-state index is 14.1. The fourth-order valence-electron chi connectivity index (χ4n) is 7.35. The number of hydrogen-bond donors (Lipinski definition) is 1. The van der Waals surface area contributed by atoms with Crippen LogP contribution in [-0.4, -0.2) is 30.3 Å². The van der Waals surface area contributed by atoms with E-state index in [1.54, 1.807) is 36.4 Å². The second-order valence-corrected chi connectivity index (χ2v) is 11.9. The van der Waals surface area contributed by atoms with Gasteiger partial charge >= 0.3 is 5.97 Å². The molecule has 2 atom stereocenters. The van der Waals surface area contributed by atoms with Crippen molar-refractivity contribution in [2.75, 3.05) is 16.8 Å². The van der Waals surface area contributed by atoms with Crippen molar-refractivity contribution < 1.29 is 28.7 Å². The lowest BCUT2D eigenvalue weighted by atomic mass is 9.55. The van der Waals surface area contributed by atoms with E-state index < -0.39 is 30.3 Å². The summed E-state index contributed by atoms with van der Waals surface area (Å²) >= 11 is 0. The second kappa shape index (κ2) is 11.4. The first-order chi connectivity index (χ1) is 23.0. The van der Waals surface area contributed by atoms with E-state index >= 15 is 0 Å². The predicted molar refractivity (Wildman–Crippen MR) is 174 cm³/mol. The zero-order valence-corrected chi connectivity index (χ0v) is 25.0. The number of imide groups is 1. The van der Waals surface area contributed by atoms with Crippen LogP contribution in [-0.2, 0) is 19.1 Å². The van der Waals surface area contributed by atoms with Crippen LogP contribution in [0.1, 0.15) is 44.4 Å². The van der Waals surface area contributed by atoms with Crippen LogP contribution in [0.3, 0.4) is 0 Å². The Bertz CT molecular complexity index is 1940. The molecule has 8 heteroatoms. The highest BCUT2D eigenvalue weighted by Gasteiger charge is 2.61. The van der Waals surface area contributed by atoms with Gasteiger partial charge < -0.3 is 14.8 Å². The van der Waals surface area contributed by atoms with Gasteiger partial charge in [-0.2, -0.15) is 0 Å². The van der Waals surface area contributed by atoms with Crippen molar-refractivity contribution in [1.82, 2.24) is 0 Å². The maximum Gasteiger partial charge on any atom is 0.338 e. The molecule has 5 aromatic carbocycles. The SMILES string of the molecule is O=C(COC(=O)c1cccc(N2C(=O)[C@@H]3C4c5ccccc5C(c5ccccc54)[C@@H]3C2=O)c1)Nc1ccc(Oc2ccccc2)cc1. The summed E-state index contributed by atoms with van der Waals surface area (Å²) < 4.78 is 11.1. The molecule has 0 aromatic heterocycles. The first-order valence-corrected chi connectivity index (χ1v) is 15.4. The molecule has 5 aromatic rings. The molecule has 0 saturated carbocycles. The Morgan fingerprint density at radius 1 is 0.617 bits per heavy atom. The van der Waals surface area contributed by atoms with E-state index in [0.29, 0.717) is 22.9 Å². The highest BCUT2D eigenvalue weighted by atomic mass is 16.5. The lowest BCUT2D eigenvalue weighted by Crippen LogP contribution is -2.41. The smallest absolute Gasteiger partial charge is 0.338 e. The molecule has 1 heterocycles. The fraction of sp³-hybridized carbons (Fsp3) is 0.128. The van der Waals surface area contributed by atoms with Crippen LogP contribution in [0.25, 0.3) is 0 Å². The summed E-state index contributed by atoms with van der Waals surface area (Å²) in [6.45, 7) is -0.517. The van der Waals surface area contributed by atoms with Crippen molar-refractivity contribution in [1.29, 1.82) is 0 Å². The van der Waals surface area contributed by atoms with Gasteiger partial charge in [-0.25, -0.2) is 9.69 Å². The summed E-state index contributed by atoms with van der Waals surface area (Å²) in [5.41, 5.74) is 5.31. The molecular formula is C39H28N2O6. The van der Waals surface area contributed by atoms with Crippen LogP contribution in [0.4, 0.5) is 11.4 Å². The summed E-state index contributed by atoms with van der Waals surface area (Å²) in [7, 11) is 0. The number of ether oxygens (including phenoxy) is 2. The van der Waals surface area contributed by atoms with Gasteiger partial charge in [0.15, 0.2) is 6.61 Å². The van der Waals surface area contributed by atoms with E-state index in [2.05, 4.69) is 29.6 Å². The zero-order chi connectivity index (χ0) is 32.1. The molecule has 1 N–H and O–H groups in total. The third-order valence-corrected chi connectivity index (χ3v) is 9.24. The number of nitrogens with one attached hydrogen (secondary N) is 1. The van der Waals surface area contributed by atoms with Gasteiger partial charge in [0.05, 0.1) is 23.1 Å². The summed E-state index contributed by atoms with van der Waals surface area (Å²) in [6, 6.07) is 38.5. The Morgan fingerprint density at radius 2 is 1.15 bits per heavy atom. The molecule has 0 radical (unpaired) electrons. The molecule has 2 bridgehead atoms. The summed E-state index contributed by atoms with van der Waals surface area (Å²) in [5, 5.41) is 2.70. The van der Waals surface area contributed by atoms with Crippen LogP contribution in [0.5, 0.6) is 11.5 Å². The number of amides is 3. The minimum absolute atomic E-state index is 0.128. The van der Waals surface area contributed by atoms with Crippen LogP contribution in [0.2, 0.25) is 0 Å². The van der Waals surface area contributed by atoms with Gasteiger partial charge in [0.25, 0.3) is 5.91 Å². The molecule has 3 aliphatic carbocycles. The van der Waals surface area contributed by atoms with Crippen LogP contribution in [0.15, 0.2) is 127 Å². The molecule has 1 fully saturated rings. The number of carbonyl (C=O) groups is 4. The minimum Gasteiger partial charge on any atom is -0.457 e. The van der Waals surface area contributed by atoms with E-state index in [-0.39, 0.29) is 29.2 Å². The van der Waals surface area contributed by atoms with E-state index in [4.69, 9.17) is 9.47 Å². The largest absolute Gasteiger partial charge is 0.457 e. The van der Waals surface area contributed by atoms with E-state index in [9.17, 15) is 19.2 Å². The molecule has 8 nitrogen and oxygen atoms in total. The van der Waals surface area contributed by atoms with Gasteiger partial charge in [-0.15, -0.1) is 0 Å². The number of esters is 1. The molecule has 1 aliphatic heterocycles. The first-order valence-electron chi connectivity index (χ1n) is 15.4. The monoisotopic (exact) mass is 620 g/mol. The van der Waals surface area contributed by atoms with Crippen molar-refractivity contribution in [3.63, 3.8) is 0 Å². The number of hydrogen-bond acceptors (Lipinski definition) is 6. The standard InChI is InChI=1S/C39H28N2O6/c42-32(40-24-17-19-27(20-18-24)47-26-11-2-1-3-12-26)22-46-39(45)23-9-8-10-25(21-23)41-37(43)35-33-28-13-4-5-14-29(28)34(36(35)38(41)44)31-16-7-6-15-30(31)33/h1-21,33-36H,22H2,(H,40,42)/t33?,34?,35-,36+. The fourth-order valence-corrected chi connectivity index (χ4v) is 7.35. The molecule has 3 amide bonds. The average Bonchev–Trinajstić information content (AvgIpc) is 3.38. The second-order valence-electron chi connectivity index (χ2n) is 11.9. The Morgan fingerprint density at radius 3 is 1.72 bits per heavy atom. The lowest BCUT2D eigenvalue weighted by Gasteiger charge is -2.45. The summed E-state index contributed by atoms with van der Waals surface area (Å²) in [6.07, 6.45) is 0. The number of nitrogens with zero attached hydrogens (tertiary/aromatic N) is 1. The minimum atomic E-state index is -0.745. The van der Waals surface area contributed by atoms with E-state index in [1.807, 2.05) is 54.6 Å². The van der Waals surface area contributed by atoms with Gasteiger partial charge in [0, 0.05) is 17.5 Å². The van der Waals surface area contributed by atoms with Crippen molar-refractivity contribution in [3.05, 3.63) is 155 Å². The first kappa shape index (κ1) is 28.5. The van der Waals surface area contributed by atoms with Crippen LogP contribution in [0, 0.1) is 11.8 Å². The zero-order valence-electron chi connectivity index (χ0n) is 25.0. The number of benzene rings is 5. The predicted octanol–water partition coefficient (Wildman–Crippen LogP) is 6.67. The number of para-hydroxylation sites is 1. The third-order valence-electron chi connectivity index (χ3n) is 9.24. The van der Waals surface area contributed by atoms with Gasteiger partial charge in [0.2, 0.25) is 11.8 Å². The molecule has 1 saturated heterocycles. The van der Waals surface area contributed by atoms with Gasteiger partial charge in [-0.05, 0) is 76.9 Å². The van der Waals surface area contributed by atoms with Crippen molar-refractivity contribution in [2.45, 2.75) is 11.8 Å². The Labute approximate surface area is 270 Å². The molecule has 230 valence electrons. The van der Waals surface area contributed by atoms with Crippen LogP contribution < -0.4 is 15.0 Å². The van der Waals surface area contributed by atoms with Gasteiger partial charge in [-0.3, -0.25) is 14.4 Å². The van der Waals surface area contributed by atoms with Gasteiger partial charge in [0.1, 0.15) is 11.5 Å². The third kappa shape index (κ3) is 4.86. The topological polar surface area (TPSA) is 102 Å². The Balaban J connectivity index is 0.955. The highest BCUT2D eigenvalue weighted by molar-refractivity contribution is 6.23. The van der Waals surface area contributed by atoms with Crippen molar-refractivity contribution in [3.8, 4) is 11.5 Å². The summed E-state index contributed by atoms with van der Waals surface area (Å²) in [5.74, 6) is -2.02. The highest BCUT2D eigenvalue weighted by Crippen LogP contribution is 2.61. The number of rotatable bonds is 7. The normalized spacial score (nSPS) is 20.2. The number of carbonyl (C=O) groups excluding carboxylic acids is 4. The molecule has 9 rings (SSSR count). The molecule has 0 spiro atoms. The molecule has 47 heavy (non-hydrogen) atoms.